The maximum atomic E-state index is 5.76. The van der Waals surface area contributed by atoms with Crippen molar-refractivity contribution in [3.63, 3.8) is 0 Å². The second-order valence-corrected chi connectivity index (χ2v) is 5.34. The molecule has 4 rings (SSSR count). The average molecular weight is 293 g/mol. The Hall–Kier alpha value is -2.89. The van der Waals surface area contributed by atoms with Crippen LogP contribution in [0.5, 0.6) is 11.8 Å². The Morgan fingerprint density at radius 1 is 1.18 bits per heavy atom. The van der Waals surface area contributed by atoms with E-state index in [9.17, 15) is 0 Å². The Morgan fingerprint density at radius 3 is 2.91 bits per heavy atom. The number of rotatable bonds is 2. The number of ether oxygens (including phenoxy) is 1. The van der Waals surface area contributed by atoms with Crippen LogP contribution in [0.4, 0.5) is 5.69 Å². The summed E-state index contributed by atoms with van der Waals surface area (Å²) in [6.07, 6.45) is 5.63. The van der Waals surface area contributed by atoms with Gasteiger partial charge in [-0.3, -0.25) is 4.68 Å². The SMILES string of the molecule is Cn1ncc2c1-c1nc(Oc3cccc(N)c3)ncc1CC2. The minimum absolute atomic E-state index is 0.318. The molecule has 6 nitrogen and oxygen atoms in total. The van der Waals surface area contributed by atoms with Crippen LogP contribution in [-0.2, 0) is 19.9 Å². The normalized spacial score (nSPS) is 12.6. The van der Waals surface area contributed by atoms with Gasteiger partial charge in [-0.25, -0.2) is 4.98 Å². The first-order valence-corrected chi connectivity index (χ1v) is 7.11. The molecule has 2 N–H and O–H groups in total. The Kier molecular flexibility index (Phi) is 2.82. The highest BCUT2D eigenvalue weighted by Gasteiger charge is 2.22. The first kappa shape index (κ1) is 12.8. The van der Waals surface area contributed by atoms with Gasteiger partial charge < -0.3 is 10.5 Å². The highest BCUT2D eigenvalue weighted by Crippen LogP contribution is 2.32. The number of nitrogen functional groups attached to an aromatic ring is 1. The molecule has 0 radical (unpaired) electrons. The van der Waals surface area contributed by atoms with Crippen molar-refractivity contribution in [2.75, 3.05) is 5.73 Å². The predicted octanol–water partition coefficient (Wildman–Crippen LogP) is 2.35. The van der Waals surface area contributed by atoms with Gasteiger partial charge in [0.1, 0.15) is 5.75 Å². The van der Waals surface area contributed by atoms with Crippen LogP contribution >= 0.6 is 0 Å². The molecule has 0 fully saturated rings. The van der Waals surface area contributed by atoms with Crippen molar-refractivity contribution in [2.45, 2.75) is 12.8 Å². The van der Waals surface area contributed by atoms with Gasteiger partial charge in [0.15, 0.2) is 0 Å². The molecule has 22 heavy (non-hydrogen) atoms. The second-order valence-electron chi connectivity index (χ2n) is 5.34. The molecular weight excluding hydrogens is 278 g/mol. The fraction of sp³-hybridized carbons (Fsp3) is 0.188. The highest BCUT2D eigenvalue weighted by atomic mass is 16.5. The summed E-state index contributed by atoms with van der Waals surface area (Å²) in [5.41, 5.74) is 10.7. The Labute approximate surface area is 127 Å². The van der Waals surface area contributed by atoms with E-state index in [4.69, 9.17) is 10.5 Å². The molecule has 110 valence electrons. The zero-order valence-corrected chi connectivity index (χ0v) is 12.2. The first-order valence-electron chi connectivity index (χ1n) is 7.11. The van der Waals surface area contributed by atoms with Crippen molar-refractivity contribution in [3.8, 4) is 23.1 Å². The number of nitrogens with zero attached hydrogens (tertiary/aromatic N) is 4. The fourth-order valence-electron chi connectivity index (χ4n) is 2.75. The Morgan fingerprint density at radius 2 is 2.05 bits per heavy atom. The van der Waals surface area contributed by atoms with E-state index in [0.717, 1.165) is 29.8 Å². The highest BCUT2D eigenvalue weighted by molar-refractivity contribution is 5.65. The molecule has 1 aromatic carbocycles. The molecule has 0 unspecified atom stereocenters. The van der Waals surface area contributed by atoms with Crippen molar-refractivity contribution in [3.05, 3.63) is 47.8 Å². The molecule has 0 saturated heterocycles. The van der Waals surface area contributed by atoms with E-state index in [-0.39, 0.29) is 0 Å². The summed E-state index contributed by atoms with van der Waals surface area (Å²) >= 11 is 0. The van der Waals surface area contributed by atoms with Crippen LogP contribution in [0.2, 0.25) is 0 Å². The van der Waals surface area contributed by atoms with E-state index < -0.39 is 0 Å². The number of hydrogen-bond donors (Lipinski definition) is 1. The predicted molar refractivity (Wildman–Crippen MR) is 82.6 cm³/mol. The third-order valence-electron chi connectivity index (χ3n) is 3.81. The second kappa shape index (κ2) is 4.84. The molecule has 0 amide bonds. The van der Waals surface area contributed by atoms with Crippen molar-refractivity contribution < 1.29 is 4.74 Å². The summed E-state index contributed by atoms with van der Waals surface area (Å²) in [4.78, 5) is 8.88. The number of aromatic nitrogens is 4. The maximum Gasteiger partial charge on any atom is 0.322 e. The topological polar surface area (TPSA) is 78.8 Å². The van der Waals surface area contributed by atoms with Gasteiger partial charge in [-0.1, -0.05) is 6.07 Å². The van der Waals surface area contributed by atoms with Crippen molar-refractivity contribution >= 4 is 5.69 Å². The number of nitrogens with two attached hydrogens (primary N) is 1. The standard InChI is InChI=1S/C16H15N5O/c1-21-15-11(9-19-21)6-5-10-8-18-16(20-14(10)15)22-13-4-2-3-12(17)7-13/h2-4,7-9H,5-6,17H2,1H3. The van der Waals surface area contributed by atoms with Gasteiger partial charge in [-0.15, -0.1) is 0 Å². The van der Waals surface area contributed by atoms with Crippen LogP contribution in [0.15, 0.2) is 36.7 Å². The summed E-state index contributed by atoms with van der Waals surface area (Å²) in [6, 6.07) is 7.54. The van der Waals surface area contributed by atoms with Gasteiger partial charge in [0.05, 0.1) is 17.6 Å². The molecule has 2 heterocycles. The molecule has 0 bridgehead atoms. The molecule has 0 saturated carbocycles. The molecule has 2 aromatic heterocycles. The summed E-state index contributed by atoms with van der Waals surface area (Å²) in [7, 11) is 1.93. The van der Waals surface area contributed by atoms with Gasteiger partial charge in [-0.2, -0.15) is 10.1 Å². The van der Waals surface area contributed by atoms with Crippen LogP contribution in [0.25, 0.3) is 11.4 Å². The smallest absolute Gasteiger partial charge is 0.322 e. The molecule has 3 aromatic rings. The lowest BCUT2D eigenvalue weighted by atomic mass is 9.95. The monoisotopic (exact) mass is 293 g/mol. The van der Waals surface area contributed by atoms with Gasteiger partial charge in [0, 0.05) is 25.0 Å². The molecule has 0 atom stereocenters. The molecule has 1 aliphatic rings. The number of anilines is 1. The molecule has 0 spiro atoms. The lowest BCUT2D eigenvalue weighted by Gasteiger charge is -2.16. The van der Waals surface area contributed by atoms with Crippen LogP contribution < -0.4 is 10.5 Å². The third-order valence-corrected chi connectivity index (χ3v) is 3.81. The summed E-state index contributed by atoms with van der Waals surface area (Å²) < 4.78 is 7.58. The van der Waals surface area contributed by atoms with Crippen LogP contribution in [-0.4, -0.2) is 19.7 Å². The van der Waals surface area contributed by atoms with Gasteiger partial charge in [0.2, 0.25) is 0 Å². The molecule has 6 heteroatoms. The lowest BCUT2D eigenvalue weighted by Crippen LogP contribution is -2.09. The number of benzene rings is 1. The van der Waals surface area contributed by atoms with Crippen molar-refractivity contribution in [1.82, 2.24) is 19.7 Å². The van der Waals surface area contributed by atoms with Crippen LogP contribution in [0.3, 0.4) is 0 Å². The van der Waals surface area contributed by atoms with Gasteiger partial charge in [0.25, 0.3) is 0 Å². The maximum absolute atomic E-state index is 5.76. The largest absolute Gasteiger partial charge is 0.424 e. The zero-order valence-electron chi connectivity index (χ0n) is 12.2. The van der Waals surface area contributed by atoms with E-state index in [1.54, 1.807) is 6.07 Å². The van der Waals surface area contributed by atoms with Crippen molar-refractivity contribution in [1.29, 1.82) is 0 Å². The van der Waals surface area contributed by atoms with E-state index in [2.05, 4.69) is 15.1 Å². The number of aryl methyl sites for hydroxylation is 3. The van der Waals surface area contributed by atoms with E-state index in [1.807, 2.05) is 42.3 Å². The fourth-order valence-corrected chi connectivity index (χ4v) is 2.75. The van der Waals surface area contributed by atoms with E-state index in [0.29, 0.717) is 17.4 Å². The minimum Gasteiger partial charge on any atom is -0.424 e. The lowest BCUT2D eigenvalue weighted by molar-refractivity contribution is 0.441. The first-order chi connectivity index (χ1) is 10.7. The Bertz CT molecular complexity index is 855. The summed E-state index contributed by atoms with van der Waals surface area (Å²) in [5.74, 6) is 0.626. The van der Waals surface area contributed by atoms with Gasteiger partial charge >= 0.3 is 6.01 Å². The molecule has 0 aliphatic heterocycles. The zero-order chi connectivity index (χ0) is 15.1. The Balaban J connectivity index is 1.74. The molecular formula is C16H15N5O. The van der Waals surface area contributed by atoms with Crippen LogP contribution in [0, 0.1) is 0 Å². The van der Waals surface area contributed by atoms with E-state index in [1.165, 1.54) is 5.56 Å². The van der Waals surface area contributed by atoms with Gasteiger partial charge in [-0.05, 0) is 36.1 Å². The van der Waals surface area contributed by atoms with Crippen molar-refractivity contribution in [2.24, 2.45) is 7.05 Å². The van der Waals surface area contributed by atoms with Crippen LogP contribution in [0.1, 0.15) is 11.1 Å². The quantitative estimate of drug-likeness (QED) is 0.734. The number of fused-ring (bicyclic) bond motifs is 3. The average Bonchev–Trinajstić information content (AvgIpc) is 2.89. The minimum atomic E-state index is 0.318. The van der Waals surface area contributed by atoms with E-state index >= 15 is 0 Å². The molecule has 1 aliphatic carbocycles. The summed E-state index contributed by atoms with van der Waals surface area (Å²) in [5, 5.41) is 4.32. The number of hydrogen-bond acceptors (Lipinski definition) is 5. The summed E-state index contributed by atoms with van der Waals surface area (Å²) in [6.45, 7) is 0. The third kappa shape index (κ3) is 2.09.